The predicted octanol–water partition coefficient (Wildman–Crippen LogP) is 1.61. The van der Waals surface area contributed by atoms with Crippen LogP contribution in [0.5, 0.6) is 11.5 Å². The van der Waals surface area contributed by atoms with E-state index in [4.69, 9.17) is 9.47 Å². The Morgan fingerprint density at radius 1 is 1.08 bits per heavy atom. The lowest BCUT2D eigenvalue weighted by Gasteiger charge is -2.08. The van der Waals surface area contributed by atoms with Crippen LogP contribution < -0.4 is 14.8 Å². The van der Waals surface area contributed by atoms with Crippen LogP contribution in [0.4, 0.5) is 0 Å². The molecule has 0 saturated carbocycles. The van der Waals surface area contributed by atoms with Crippen LogP contribution in [0.3, 0.4) is 0 Å². The van der Waals surface area contributed by atoms with Crippen molar-refractivity contribution < 1.29 is 14.3 Å². The predicted molar refractivity (Wildman–Crippen MR) is 89.9 cm³/mol. The molecule has 3 rings (SSSR count). The van der Waals surface area contributed by atoms with Crippen molar-refractivity contribution in [2.45, 2.75) is 6.54 Å². The third-order valence-corrected chi connectivity index (χ3v) is 3.59. The Labute approximate surface area is 144 Å². The lowest BCUT2D eigenvalue weighted by atomic mass is 10.2. The molecule has 8 heteroatoms. The number of hydrogen-bond acceptors (Lipinski definition) is 6. The summed E-state index contributed by atoms with van der Waals surface area (Å²) >= 11 is 0. The molecule has 0 spiro atoms. The summed E-state index contributed by atoms with van der Waals surface area (Å²) in [5.41, 5.74) is 1.28. The number of hydrogen-bond donors (Lipinski definition) is 1. The van der Waals surface area contributed by atoms with Crippen molar-refractivity contribution in [3.63, 3.8) is 0 Å². The van der Waals surface area contributed by atoms with E-state index < -0.39 is 0 Å². The first-order chi connectivity index (χ1) is 12.2. The number of methoxy groups -OCH3 is 2. The fourth-order valence-corrected chi connectivity index (χ4v) is 2.27. The summed E-state index contributed by atoms with van der Waals surface area (Å²) in [6.07, 6.45) is 0. The Morgan fingerprint density at radius 3 is 2.56 bits per heavy atom. The van der Waals surface area contributed by atoms with E-state index >= 15 is 0 Å². The zero-order valence-corrected chi connectivity index (χ0v) is 13.8. The van der Waals surface area contributed by atoms with Gasteiger partial charge in [-0.2, -0.15) is 4.68 Å². The molecular weight excluding hydrogens is 322 g/mol. The van der Waals surface area contributed by atoms with E-state index in [1.54, 1.807) is 43.2 Å². The standard InChI is InChI=1S/C17H17N5O3/c1-24-14-8-6-13(7-9-14)22-16(19-20-21-22)11-18-17(23)12-4-3-5-15(10-12)25-2/h3-10H,11H2,1-2H3,(H,18,23). The van der Waals surface area contributed by atoms with Crippen LogP contribution in [0.15, 0.2) is 48.5 Å². The number of carbonyl (C=O) groups excluding carboxylic acids is 1. The molecule has 0 unspecified atom stereocenters. The average Bonchev–Trinajstić information content (AvgIpc) is 3.14. The van der Waals surface area contributed by atoms with Crippen molar-refractivity contribution in [3.05, 3.63) is 59.9 Å². The average molecular weight is 339 g/mol. The first-order valence-electron chi connectivity index (χ1n) is 7.55. The number of benzene rings is 2. The van der Waals surface area contributed by atoms with Crippen LogP contribution in [-0.4, -0.2) is 40.3 Å². The van der Waals surface area contributed by atoms with Gasteiger partial charge in [-0.25, -0.2) is 0 Å². The summed E-state index contributed by atoms with van der Waals surface area (Å²) in [4.78, 5) is 12.3. The summed E-state index contributed by atoms with van der Waals surface area (Å²) in [5, 5.41) is 14.4. The molecule has 0 aliphatic heterocycles. The van der Waals surface area contributed by atoms with Gasteiger partial charge in [-0.05, 0) is 52.9 Å². The molecule has 0 radical (unpaired) electrons. The molecule has 0 aliphatic carbocycles. The van der Waals surface area contributed by atoms with E-state index in [1.807, 2.05) is 24.3 Å². The number of ether oxygens (including phenoxy) is 2. The fraction of sp³-hybridized carbons (Fsp3) is 0.176. The molecule has 0 fully saturated rings. The molecule has 0 aliphatic rings. The van der Waals surface area contributed by atoms with E-state index in [9.17, 15) is 4.79 Å². The Morgan fingerprint density at radius 2 is 1.84 bits per heavy atom. The largest absolute Gasteiger partial charge is 0.497 e. The number of tetrazole rings is 1. The molecule has 8 nitrogen and oxygen atoms in total. The van der Waals surface area contributed by atoms with E-state index in [-0.39, 0.29) is 12.5 Å². The van der Waals surface area contributed by atoms with Crippen LogP contribution >= 0.6 is 0 Å². The monoisotopic (exact) mass is 339 g/mol. The van der Waals surface area contributed by atoms with Gasteiger partial charge in [0.1, 0.15) is 11.5 Å². The maximum absolute atomic E-state index is 12.3. The van der Waals surface area contributed by atoms with Crippen molar-refractivity contribution in [1.29, 1.82) is 0 Å². The van der Waals surface area contributed by atoms with Crippen LogP contribution in [-0.2, 0) is 6.54 Å². The van der Waals surface area contributed by atoms with Gasteiger partial charge in [0, 0.05) is 5.56 Å². The molecule has 1 N–H and O–H groups in total. The summed E-state index contributed by atoms with van der Waals surface area (Å²) in [5.74, 6) is 1.64. The minimum Gasteiger partial charge on any atom is -0.497 e. The summed E-state index contributed by atoms with van der Waals surface area (Å²) in [7, 11) is 3.16. The quantitative estimate of drug-likeness (QED) is 0.734. The summed E-state index contributed by atoms with van der Waals surface area (Å²) in [6, 6.07) is 14.2. The second kappa shape index (κ2) is 7.43. The van der Waals surface area contributed by atoms with Gasteiger partial charge in [0.05, 0.1) is 26.5 Å². The van der Waals surface area contributed by atoms with Crippen LogP contribution in [0.1, 0.15) is 16.2 Å². The number of nitrogens with one attached hydrogen (secondary N) is 1. The first-order valence-corrected chi connectivity index (χ1v) is 7.55. The molecular formula is C17H17N5O3. The molecule has 25 heavy (non-hydrogen) atoms. The third-order valence-electron chi connectivity index (χ3n) is 3.59. The normalized spacial score (nSPS) is 10.3. The lowest BCUT2D eigenvalue weighted by molar-refractivity contribution is 0.0949. The summed E-state index contributed by atoms with van der Waals surface area (Å²) < 4.78 is 11.8. The molecule has 3 aromatic rings. The zero-order valence-electron chi connectivity index (χ0n) is 13.8. The highest BCUT2D eigenvalue weighted by atomic mass is 16.5. The van der Waals surface area contributed by atoms with E-state index in [1.165, 1.54) is 0 Å². The molecule has 1 heterocycles. The molecule has 0 bridgehead atoms. The van der Waals surface area contributed by atoms with Crippen molar-refractivity contribution >= 4 is 5.91 Å². The maximum Gasteiger partial charge on any atom is 0.251 e. The van der Waals surface area contributed by atoms with Crippen LogP contribution in [0.2, 0.25) is 0 Å². The molecule has 0 saturated heterocycles. The topological polar surface area (TPSA) is 91.2 Å². The highest BCUT2D eigenvalue weighted by Crippen LogP contribution is 2.15. The minimum absolute atomic E-state index is 0.190. The SMILES string of the molecule is COc1ccc(-n2nnnc2CNC(=O)c2cccc(OC)c2)cc1. The Kier molecular flexibility index (Phi) is 4.89. The van der Waals surface area contributed by atoms with Gasteiger partial charge in [-0.3, -0.25) is 4.79 Å². The zero-order chi connectivity index (χ0) is 17.6. The van der Waals surface area contributed by atoms with Crippen LogP contribution in [0.25, 0.3) is 5.69 Å². The fourth-order valence-electron chi connectivity index (χ4n) is 2.27. The third kappa shape index (κ3) is 3.74. The molecule has 2 aromatic carbocycles. The van der Waals surface area contributed by atoms with E-state index in [2.05, 4.69) is 20.8 Å². The Balaban J connectivity index is 1.71. The summed E-state index contributed by atoms with van der Waals surface area (Å²) in [6.45, 7) is 0.190. The second-order valence-electron chi connectivity index (χ2n) is 5.12. The Hall–Kier alpha value is -3.42. The molecule has 128 valence electrons. The highest BCUT2D eigenvalue weighted by molar-refractivity contribution is 5.94. The highest BCUT2D eigenvalue weighted by Gasteiger charge is 2.11. The second-order valence-corrected chi connectivity index (χ2v) is 5.12. The Bertz CT molecular complexity index is 861. The smallest absolute Gasteiger partial charge is 0.251 e. The molecule has 1 amide bonds. The molecule has 0 atom stereocenters. The minimum atomic E-state index is -0.233. The van der Waals surface area contributed by atoms with Gasteiger partial charge in [0.15, 0.2) is 5.82 Å². The lowest BCUT2D eigenvalue weighted by Crippen LogP contribution is -2.24. The van der Waals surface area contributed by atoms with Gasteiger partial charge < -0.3 is 14.8 Å². The first kappa shape index (κ1) is 16.4. The van der Waals surface area contributed by atoms with Gasteiger partial charge in [0.25, 0.3) is 5.91 Å². The van der Waals surface area contributed by atoms with Crippen molar-refractivity contribution in [2.75, 3.05) is 14.2 Å². The number of rotatable bonds is 6. The van der Waals surface area contributed by atoms with Crippen molar-refractivity contribution in [3.8, 4) is 17.2 Å². The molecule has 1 aromatic heterocycles. The van der Waals surface area contributed by atoms with Gasteiger partial charge in [-0.1, -0.05) is 6.07 Å². The number of carbonyl (C=O) groups is 1. The number of nitrogens with zero attached hydrogens (tertiary/aromatic N) is 4. The van der Waals surface area contributed by atoms with Crippen molar-refractivity contribution in [2.24, 2.45) is 0 Å². The van der Waals surface area contributed by atoms with Gasteiger partial charge in [0.2, 0.25) is 0 Å². The van der Waals surface area contributed by atoms with E-state index in [0.29, 0.717) is 17.1 Å². The van der Waals surface area contributed by atoms with Gasteiger partial charge in [-0.15, -0.1) is 5.10 Å². The van der Waals surface area contributed by atoms with Gasteiger partial charge >= 0.3 is 0 Å². The number of aromatic nitrogens is 4. The van der Waals surface area contributed by atoms with Crippen LogP contribution in [0, 0.1) is 0 Å². The maximum atomic E-state index is 12.3. The van der Waals surface area contributed by atoms with E-state index in [0.717, 1.165) is 11.4 Å². The number of amides is 1. The van der Waals surface area contributed by atoms with Crippen molar-refractivity contribution in [1.82, 2.24) is 25.5 Å².